The highest BCUT2D eigenvalue weighted by molar-refractivity contribution is 5.68. The Hall–Kier alpha value is -6.94. The zero-order chi connectivity index (χ0) is 51.8. The molecule has 34 heteroatoms. The summed E-state index contributed by atoms with van der Waals surface area (Å²) < 4.78 is 86.5. The lowest BCUT2D eigenvalue weighted by atomic mass is 9.83. The number of halogens is 1. The molecule has 0 N–H and O–H groups in total. The first kappa shape index (κ1) is 55.7. The van der Waals surface area contributed by atoms with E-state index in [9.17, 15) is 45.4 Å². The summed E-state index contributed by atoms with van der Waals surface area (Å²) >= 11 is 0. The number of azide groups is 5. The molecule has 70 heavy (non-hydrogen) atoms. The van der Waals surface area contributed by atoms with Crippen LogP contribution in [0.4, 0.5) is 4.39 Å². The Morgan fingerprint density at radius 2 is 0.943 bits per heavy atom. The summed E-state index contributed by atoms with van der Waals surface area (Å²) in [4.78, 5) is 88.2. The first-order valence-corrected chi connectivity index (χ1v) is 21.0. The van der Waals surface area contributed by atoms with Crippen LogP contribution in [-0.2, 0) is 85.6 Å². The van der Waals surface area contributed by atoms with Gasteiger partial charge < -0.3 is 56.8 Å². The first-order valence-electron chi connectivity index (χ1n) is 21.0. The van der Waals surface area contributed by atoms with Crippen molar-refractivity contribution in [1.29, 1.82) is 0 Å². The van der Waals surface area contributed by atoms with Crippen LogP contribution < -0.4 is 0 Å². The Kier molecular flexibility index (Phi) is 20.8. The Labute approximate surface area is 394 Å². The molecule has 19 atom stereocenters. The summed E-state index contributed by atoms with van der Waals surface area (Å²) in [5.41, 5.74) is 47.1. The van der Waals surface area contributed by atoms with Crippen LogP contribution in [0.1, 0.15) is 54.9 Å². The third-order valence-corrected chi connectivity index (χ3v) is 10.8. The Morgan fingerprint density at radius 1 is 0.500 bits per heavy atom. The number of carbonyl (C=O) groups excluding carboxylic acids is 6. The predicted molar refractivity (Wildman–Crippen MR) is 221 cm³/mol. The molecule has 0 spiro atoms. The van der Waals surface area contributed by atoms with E-state index in [0.717, 1.165) is 41.5 Å². The Morgan fingerprint density at radius 3 is 1.47 bits per heavy atom. The van der Waals surface area contributed by atoms with E-state index in [1.54, 1.807) is 0 Å². The maximum Gasteiger partial charge on any atom is 0.303 e. The van der Waals surface area contributed by atoms with E-state index < -0.39 is 178 Å². The molecule has 3 aliphatic heterocycles. The van der Waals surface area contributed by atoms with E-state index in [2.05, 4.69) is 50.1 Å². The van der Waals surface area contributed by atoms with Gasteiger partial charge in [-0.05, 0) is 34.1 Å². The maximum atomic E-state index is 16.4. The molecule has 1 aliphatic carbocycles. The smallest absolute Gasteiger partial charge is 0.303 e. The van der Waals surface area contributed by atoms with E-state index in [4.69, 9.17) is 67.9 Å². The minimum atomic E-state index is -2.43. The van der Waals surface area contributed by atoms with Crippen LogP contribution in [0.2, 0.25) is 0 Å². The number of hydrogen-bond donors (Lipinski definition) is 0. The van der Waals surface area contributed by atoms with Crippen molar-refractivity contribution in [2.75, 3.05) is 19.7 Å². The third-order valence-electron chi connectivity index (χ3n) is 10.8. The van der Waals surface area contributed by atoms with Gasteiger partial charge in [-0.25, -0.2) is 4.39 Å². The largest absolute Gasteiger partial charge is 0.463 e. The number of esters is 6. The second kappa shape index (κ2) is 26.2. The summed E-state index contributed by atoms with van der Waals surface area (Å²) in [5.74, 6) is -6.56. The molecule has 4 aliphatic rings. The summed E-state index contributed by atoms with van der Waals surface area (Å²) in [6.07, 6.45) is -26.3. The number of ether oxygens (including phenoxy) is 12. The summed E-state index contributed by atoms with van der Waals surface area (Å²) in [5, 5.41) is 17.8. The van der Waals surface area contributed by atoms with Gasteiger partial charge in [-0.15, -0.1) is 0 Å². The molecule has 0 aromatic rings. The van der Waals surface area contributed by atoms with Crippen molar-refractivity contribution in [3.05, 3.63) is 52.2 Å². The summed E-state index contributed by atoms with van der Waals surface area (Å²) in [6.45, 7) is 5.71. The minimum Gasteiger partial charge on any atom is -0.463 e. The quantitative estimate of drug-likeness (QED) is 0.0553. The Balaban J connectivity index is 1.89. The van der Waals surface area contributed by atoms with Crippen molar-refractivity contribution in [2.24, 2.45) is 31.5 Å². The van der Waals surface area contributed by atoms with Crippen LogP contribution in [0, 0.1) is 5.92 Å². The zero-order valence-electron chi connectivity index (χ0n) is 38.2. The standard InChI is InChI=1S/C36H48FN15O18/c1-12-26(60-14(3)54)30(63-17(6)57)22(10-44-49-39)65-34(12)69-31-23(11-59-13(2)53)67-36(33(31)64-18(7)58)70-32-27(61-15(4)55)19(45-50-40)8-20(46-51-41)28(32)68-35-25(47-52-42)24(37)29(62-16(5)56)21(66-35)9-43-48-38/h12,19-36H,8-11H2,1-7H3/t12-,19-,20+,21-,22+,23-,24-,25-,26-,27+,28-,29+,30-,31-,32-,33-,34-,35-,36+/m1/s1. The van der Waals surface area contributed by atoms with E-state index in [1.165, 1.54) is 6.92 Å². The highest BCUT2D eigenvalue weighted by Crippen LogP contribution is 2.41. The second-order valence-electron chi connectivity index (χ2n) is 15.7. The molecule has 0 amide bonds. The van der Waals surface area contributed by atoms with Crippen LogP contribution in [0.15, 0.2) is 25.6 Å². The molecule has 3 saturated heterocycles. The van der Waals surface area contributed by atoms with E-state index in [1.807, 2.05) is 0 Å². The molecule has 3 heterocycles. The van der Waals surface area contributed by atoms with Crippen LogP contribution >= 0.6 is 0 Å². The van der Waals surface area contributed by atoms with Gasteiger partial charge in [0.1, 0.15) is 55.4 Å². The fourth-order valence-corrected chi connectivity index (χ4v) is 8.17. The van der Waals surface area contributed by atoms with Gasteiger partial charge in [-0.3, -0.25) is 28.8 Å². The molecule has 4 rings (SSSR count). The number of hydrogen-bond acceptors (Lipinski definition) is 23. The number of nitrogens with zero attached hydrogens (tertiary/aromatic N) is 15. The molecule has 0 aromatic heterocycles. The van der Waals surface area contributed by atoms with Gasteiger partial charge in [-0.2, -0.15) is 0 Å². The van der Waals surface area contributed by atoms with E-state index in [-0.39, 0.29) is 0 Å². The molecule has 33 nitrogen and oxygen atoms in total. The second-order valence-corrected chi connectivity index (χ2v) is 15.7. The molecule has 382 valence electrons. The topological polar surface area (TPSA) is 457 Å². The van der Waals surface area contributed by atoms with Gasteiger partial charge in [0.2, 0.25) is 0 Å². The number of rotatable bonds is 20. The van der Waals surface area contributed by atoms with Crippen molar-refractivity contribution >= 4 is 35.8 Å². The van der Waals surface area contributed by atoms with Crippen LogP contribution in [-0.4, -0.2) is 166 Å². The highest BCUT2D eigenvalue weighted by Gasteiger charge is 2.58. The molecule has 0 bridgehead atoms. The fraction of sp³-hybridized carbons (Fsp3) is 0.833. The molecule has 0 radical (unpaired) electrons. The zero-order valence-corrected chi connectivity index (χ0v) is 38.2. The average Bonchev–Trinajstić information content (AvgIpc) is 3.58. The van der Waals surface area contributed by atoms with Crippen LogP contribution in [0.25, 0.3) is 52.2 Å². The van der Waals surface area contributed by atoms with Gasteiger partial charge in [0, 0.05) is 72.0 Å². The molecule has 0 aromatic carbocycles. The Bertz CT molecular complexity index is 2180. The number of carbonyl (C=O) groups is 6. The lowest BCUT2D eigenvalue weighted by molar-refractivity contribution is -0.306. The lowest BCUT2D eigenvalue weighted by Crippen LogP contribution is -2.63. The highest BCUT2D eigenvalue weighted by atomic mass is 19.1. The third kappa shape index (κ3) is 14.5. The molecule has 0 unspecified atom stereocenters. The molecular formula is C36H48FN15O18. The molecule has 1 saturated carbocycles. The fourth-order valence-electron chi connectivity index (χ4n) is 8.17. The summed E-state index contributed by atoms with van der Waals surface area (Å²) in [7, 11) is 0. The van der Waals surface area contributed by atoms with Gasteiger partial charge in [0.25, 0.3) is 0 Å². The predicted octanol–water partition coefficient (Wildman–Crippen LogP) is 3.57. The average molecular weight is 998 g/mol. The molecular weight excluding hydrogens is 949 g/mol. The maximum absolute atomic E-state index is 16.4. The van der Waals surface area contributed by atoms with Crippen molar-refractivity contribution in [1.82, 2.24) is 0 Å². The van der Waals surface area contributed by atoms with E-state index >= 15 is 4.39 Å². The van der Waals surface area contributed by atoms with Crippen molar-refractivity contribution < 1.29 is 90.0 Å². The monoisotopic (exact) mass is 997 g/mol. The van der Waals surface area contributed by atoms with E-state index in [0.29, 0.717) is 0 Å². The normalized spacial score (nSPS) is 35.5. The number of alkyl halides is 1. The van der Waals surface area contributed by atoms with Crippen molar-refractivity contribution in [2.45, 2.75) is 165 Å². The lowest BCUT2D eigenvalue weighted by Gasteiger charge is -2.47. The molecule has 4 fully saturated rings. The van der Waals surface area contributed by atoms with Crippen molar-refractivity contribution in [3.8, 4) is 0 Å². The van der Waals surface area contributed by atoms with Gasteiger partial charge >= 0.3 is 35.8 Å². The first-order chi connectivity index (χ1) is 33.3. The van der Waals surface area contributed by atoms with Gasteiger partial charge in [-0.1, -0.05) is 32.5 Å². The van der Waals surface area contributed by atoms with Gasteiger partial charge in [0.15, 0.2) is 43.4 Å². The SMILES string of the molecule is CC(=O)OC[C@H]1O[C@@H](O[C@@H]2[C@@H](OC(C)=O)[C@H](N=[N+]=[N-])C[C@H](N=[N+]=[N-])[C@H]2O[C@H]2O[C@H](CN=[N+]=[N-])[C@H](OC(C)=O)[C@H](F)[C@H]2N=[N+]=[N-])[C@H](OC(C)=O)[C@@H]1O[C@H]1O[C@@H](CN=[N+]=[N-])[C@@H](OC(C)=O)[C@H](OC(C)=O)[C@H]1C. The summed E-state index contributed by atoms with van der Waals surface area (Å²) in [6, 6.07) is -5.03. The van der Waals surface area contributed by atoms with Crippen molar-refractivity contribution in [3.63, 3.8) is 0 Å². The van der Waals surface area contributed by atoms with Crippen LogP contribution in [0.3, 0.4) is 0 Å². The minimum absolute atomic E-state index is 0.474. The van der Waals surface area contributed by atoms with Crippen LogP contribution in [0.5, 0.6) is 0 Å². The van der Waals surface area contributed by atoms with Gasteiger partial charge in [0.05, 0.1) is 31.3 Å².